The molecule has 0 bridgehead atoms. The Labute approximate surface area is 135 Å². The largest absolute Gasteiger partial charge is 0.270 e. The number of pyridine rings is 1. The van der Waals surface area contributed by atoms with Gasteiger partial charge in [-0.1, -0.05) is 12.1 Å². The monoisotopic (exact) mass is 318 g/mol. The van der Waals surface area contributed by atoms with Gasteiger partial charge in [-0.15, -0.1) is 5.10 Å². The van der Waals surface area contributed by atoms with E-state index >= 15 is 0 Å². The van der Waals surface area contributed by atoms with E-state index in [1.807, 2.05) is 6.07 Å². The highest BCUT2D eigenvalue weighted by Gasteiger charge is 2.13. The second-order valence-electron chi connectivity index (χ2n) is 5.03. The predicted octanol–water partition coefficient (Wildman–Crippen LogP) is 2.76. The van der Waals surface area contributed by atoms with E-state index in [2.05, 4.69) is 20.1 Å². The third kappa shape index (κ3) is 2.35. The van der Waals surface area contributed by atoms with Gasteiger partial charge in [0, 0.05) is 41.9 Å². The molecule has 1 aromatic carbocycles. The number of hydrogen-bond acceptors (Lipinski definition) is 6. The highest BCUT2D eigenvalue weighted by molar-refractivity contribution is 5.65. The molecular weight excluding hydrogens is 308 g/mol. The molecule has 0 aliphatic carbocycles. The molecule has 0 radical (unpaired) electrons. The maximum Gasteiger partial charge on any atom is 0.270 e. The fourth-order valence-electron chi connectivity index (χ4n) is 2.41. The number of nitrogens with zero attached hydrogens (tertiary/aromatic N) is 6. The third-order valence-electron chi connectivity index (χ3n) is 3.51. The summed E-state index contributed by atoms with van der Waals surface area (Å²) in [6, 6.07) is 11.8. The number of non-ortho nitro benzene ring substituents is 1. The number of nitro groups is 1. The van der Waals surface area contributed by atoms with Gasteiger partial charge in [0.05, 0.1) is 10.6 Å². The van der Waals surface area contributed by atoms with Crippen LogP contribution < -0.4 is 0 Å². The lowest BCUT2D eigenvalue weighted by molar-refractivity contribution is -0.384. The van der Waals surface area contributed by atoms with Crippen molar-refractivity contribution in [1.82, 2.24) is 24.6 Å². The molecule has 8 nitrogen and oxygen atoms in total. The van der Waals surface area contributed by atoms with Crippen LogP contribution in [0.3, 0.4) is 0 Å². The molecule has 3 heterocycles. The molecule has 0 amide bonds. The molecule has 0 unspecified atom stereocenters. The van der Waals surface area contributed by atoms with Crippen LogP contribution in [0.2, 0.25) is 0 Å². The van der Waals surface area contributed by atoms with Crippen LogP contribution in [-0.2, 0) is 0 Å². The summed E-state index contributed by atoms with van der Waals surface area (Å²) in [5, 5.41) is 15.5. The summed E-state index contributed by atoms with van der Waals surface area (Å²) in [4.78, 5) is 23.2. The first-order chi connectivity index (χ1) is 11.7. The quantitative estimate of drug-likeness (QED) is 0.425. The minimum absolute atomic E-state index is 0.0186. The van der Waals surface area contributed by atoms with Gasteiger partial charge in [0.2, 0.25) is 0 Å². The van der Waals surface area contributed by atoms with E-state index in [-0.39, 0.29) is 5.69 Å². The van der Waals surface area contributed by atoms with Crippen molar-refractivity contribution in [3.63, 3.8) is 0 Å². The first kappa shape index (κ1) is 13.9. The second-order valence-corrected chi connectivity index (χ2v) is 5.03. The lowest BCUT2D eigenvalue weighted by atomic mass is 10.1. The van der Waals surface area contributed by atoms with Gasteiger partial charge in [-0.2, -0.15) is 9.50 Å². The van der Waals surface area contributed by atoms with Crippen LogP contribution in [0.1, 0.15) is 0 Å². The van der Waals surface area contributed by atoms with Crippen molar-refractivity contribution in [3.05, 3.63) is 71.2 Å². The van der Waals surface area contributed by atoms with Gasteiger partial charge in [0.25, 0.3) is 11.5 Å². The molecule has 0 saturated heterocycles. The summed E-state index contributed by atoms with van der Waals surface area (Å²) in [5.74, 6) is 0.909. The van der Waals surface area contributed by atoms with Crippen molar-refractivity contribution in [2.75, 3.05) is 0 Å². The van der Waals surface area contributed by atoms with Gasteiger partial charge in [0.15, 0.2) is 5.82 Å². The van der Waals surface area contributed by atoms with Crippen LogP contribution >= 0.6 is 0 Å². The fraction of sp³-hybridized carbons (Fsp3) is 0. The van der Waals surface area contributed by atoms with Gasteiger partial charge in [-0.25, -0.2) is 4.98 Å². The maximum atomic E-state index is 11.0. The Kier molecular flexibility index (Phi) is 3.20. The summed E-state index contributed by atoms with van der Waals surface area (Å²) < 4.78 is 1.57. The standard InChI is InChI=1S/C16H10N6O2/c23-22(24)13-5-1-3-11(9-13)14-6-8-18-16-19-15(20-21(14)16)12-4-2-7-17-10-12/h1-10H. The van der Waals surface area contributed by atoms with E-state index in [4.69, 9.17) is 0 Å². The maximum absolute atomic E-state index is 11.0. The van der Waals surface area contributed by atoms with Gasteiger partial charge in [0.1, 0.15) is 0 Å². The molecule has 0 atom stereocenters. The van der Waals surface area contributed by atoms with E-state index in [0.717, 1.165) is 5.56 Å². The highest BCUT2D eigenvalue weighted by atomic mass is 16.6. The Hall–Kier alpha value is -3.68. The van der Waals surface area contributed by atoms with Gasteiger partial charge in [-0.3, -0.25) is 15.1 Å². The van der Waals surface area contributed by atoms with Crippen LogP contribution in [0.15, 0.2) is 61.1 Å². The molecular formula is C16H10N6O2. The van der Waals surface area contributed by atoms with E-state index in [0.29, 0.717) is 22.9 Å². The first-order valence-electron chi connectivity index (χ1n) is 7.09. The van der Waals surface area contributed by atoms with Crippen molar-refractivity contribution in [3.8, 4) is 22.6 Å². The third-order valence-corrected chi connectivity index (χ3v) is 3.51. The van der Waals surface area contributed by atoms with Crippen LogP contribution in [-0.4, -0.2) is 29.5 Å². The zero-order valence-electron chi connectivity index (χ0n) is 12.3. The van der Waals surface area contributed by atoms with Crippen molar-refractivity contribution in [2.24, 2.45) is 0 Å². The normalized spacial score (nSPS) is 10.8. The Bertz CT molecular complexity index is 1040. The lowest BCUT2D eigenvalue weighted by Gasteiger charge is -2.03. The zero-order valence-corrected chi connectivity index (χ0v) is 12.3. The summed E-state index contributed by atoms with van der Waals surface area (Å²) in [7, 11) is 0. The molecule has 4 rings (SSSR count). The average molecular weight is 318 g/mol. The van der Waals surface area contributed by atoms with E-state index in [1.54, 1.807) is 47.4 Å². The van der Waals surface area contributed by atoms with E-state index < -0.39 is 4.92 Å². The number of rotatable bonds is 3. The van der Waals surface area contributed by atoms with Gasteiger partial charge >= 0.3 is 0 Å². The summed E-state index contributed by atoms with van der Waals surface area (Å²) in [5.41, 5.74) is 2.13. The van der Waals surface area contributed by atoms with Crippen molar-refractivity contribution < 1.29 is 4.92 Å². The van der Waals surface area contributed by atoms with Gasteiger partial charge < -0.3 is 0 Å². The van der Waals surface area contributed by atoms with Crippen LogP contribution in [0.25, 0.3) is 28.4 Å². The average Bonchev–Trinajstić information content (AvgIpc) is 3.07. The Morgan fingerprint density at radius 1 is 1.04 bits per heavy atom. The topological polar surface area (TPSA) is 99.1 Å². The number of hydrogen-bond donors (Lipinski definition) is 0. The summed E-state index contributed by atoms with van der Waals surface area (Å²) in [6.45, 7) is 0. The Balaban J connectivity index is 1.89. The van der Waals surface area contributed by atoms with Crippen molar-refractivity contribution >= 4 is 11.5 Å². The smallest absolute Gasteiger partial charge is 0.264 e. The molecule has 0 fully saturated rings. The molecule has 0 saturated carbocycles. The number of nitro benzene ring substituents is 1. The molecule has 4 aromatic rings. The Morgan fingerprint density at radius 3 is 2.71 bits per heavy atom. The minimum Gasteiger partial charge on any atom is -0.264 e. The number of aromatic nitrogens is 5. The van der Waals surface area contributed by atoms with Crippen molar-refractivity contribution in [1.29, 1.82) is 0 Å². The molecule has 0 spiro atoms. The fourth-order valence-corrected chi connectivity index (χ4v) is 2.41. The van der Waals surface area contributed by atoms with Crippen molar-refractivity contribution in [2.45, 2.75) is 0 Å². The number of fused-ring (bicyclic) bond motifs is 1. The summed E-state index contributed by atoms with van der Waals surface area (Å²) in [6.07, 6.45) is 4.94. The number of benzene rings is 1. The molecule has 0 N–H and O–H groups in total. The van der Waals surface area contributed by atoms with Gasteiger partial charge in [-0.05, 0) is 18.2 Å². The Morgan fingerprint density at radius 2 is 1.92 bits per heavy atom. The zero-order chi connectivity index (χ0) is 16.5. The molecule has 3 aromatic heterocycles. The minimum atomic E-state index is -0.426. The second kappa shape index (κ2) is 5.51. The van der Waals surface area contributed by atoms with E-state index in [1.165, 1.54) is 12.1 Å². The molecule has 8 heteroatoms. The first-order valence-corrected chi connectivity index (χ1v) is 7.09. The van der Waals surface area contributed by atoms with E-state index in [9.17, 15) is 10.1 Å². The lowest BCUT2D eigenvalue weighted by Crippen LogP contribution is -1.96. The SMILES string of the molecule is O=[N+]([O-])c1cccc(-c2ccnc3nc(-c4cccnc4)nn23)c1. The predicted molar refractivity (Wildman–Crippen MR) is 86.1 cm³/mol. The van der Waals surface area contributed by atoms with Crippen LogP contribution in [0.5, 0.6) is 0 Å². The molecule has 116 valence electrons. The summed E-state index contributed by atoms with van der Waals surface area (Å²) >= 11 is 0. The van der Waals surface area contributed by atoms with Crippen LogP contribution in [0.4, 0.5) is 5.69 Å². The molecule has 0 aliphatic heterocycles. The molecule has 0 aliphatic rings. The van der Waals surface area contributed by atoms with Crippen LogP contribution in [0, 0.1) is 10.1 Å². The molecule has 24 heavy (non-hydrogen) atoms. The highest BCUT2D eigenvalue weighted by Crippen LogP contribution is 2.24.